The van der Waals surface area contributed by atoms with Crippen LogP contribution in [0.4, 0.5) is 4.79 Å². The highest BCUT2D eigenvalue weighted by molar-refractivity contribution is 7.09. The van der Waals surface area contributed by atoms with Crippen LogP contribution in [0.1, 0.15) is 38.0 Å². The molecule has 1 aromatic heterocycles. The van der Waals surface area contributed by atoms with E-state index in [1.807, 2.05) is 6.92 Å². The second kappa shape index (κ2) is 8.52. The van der Waals surface area contributed by atoms with Gasteiger partial charge in [0.05, 0.1) is 18.0 Å². The lowest BCUT2D eigenvalue weighted by molar-refractivity contribution is -0.141. The normalized spacial score (nSPS) is 13.5. The number of carboxylic acid groups (broad SMARTS) is 1. The number of hydrogen-bond donors (Lipinski definition) is 3. The molecule has 3 N–H and O–H groups in total. The molecule has 2 atom stereocenters. The fourth-order valence-corrected chi connectivity index (χ4v) is 2.23. The SMILES string of the molecule is CC(CCCC(C)C(=O)O)NC(=O)NCc1cncs1. The number of nitrogens with one attached hydrogen (secondary N) is 2. The number of aromatic nitrogens is 1. The van der Waals surface area contributed by atoms with E-state index in [2.05, 4.69) is 15.6 Å². The smallest absolute Gasteiger partial charge is 0.315 e. The Morgan fingerprint density at radius 1 is 1.40 bits per heavy atom. The van der Waals surface area contributed by atoms with Gasteiger partial charge in [-0.15, -0.1) is 11.3 Å². The van der Waals surface area contributed by atoms with E-state index in [0.717, 1.165) is 17.7 Å². The summed E-state index contributed by atoms with van der Waals surface area (Å²) in [6, 6.07) is -0.186. The molecule has 6 nitrogen and oxygen atoms in total. The van der Waals surface area contributed by atoms with Crippen molar-refractivity contribution in [2.24, 2.45) is 5.92 Å². The minimum atomic E-state index is -0.770. The molecule has 0 aromatic carbocycles. The first-order valence-corrected chi connectivity index (χ1v) is 7.51. The predicted octanol–water partition coefficient (Wildman–Crippen LogP) is 2.22. The van der Waals surface area contributed by atoms with Gasteiger partial charge in [-0.2, -0.15) is 0 Å². The number of urea groups is 1. The van der Waals surface area contributed by atoms with Crippen LogP contribution < -0.4 is 10.6 Å². The third-order valence-corrected chi connectivity index (χ3v) is 3.76. The Kier molecular flexibility index (Phi) is 7.00. The van der Waals surface area contributed by atoms with Crippen LogP contribution in [0.3, 0.4) is 0 Å². The van der Waals surface area contributed by atoms with Gasteiger partial charge in [-0.3, -0.25) is 9.78 Å². The van der Waals surface area contributed by atoms with E-state index in [4.69, 9.17) is 5.11 Å². The van der Waals surface area contributed by atoms with E-state index in [1.165, 1.54) is 11.3 Å². The van der Waals surface area contributed by atoms with E-state index in [0.29, 0.717) is 13.0 Å². The fraction of sp³-hybridized carbons (Fsp3) is 0.615. The summed E-state index contributed by atoms with van der Waals surface area (Å²) in [5, 5.41) is 14.4. The Labute approximate surface area is 122 Å². The van der Waals surface area contributed by atoms with E-state index in [9.17, 15) is 9.59 Å². The first kappa shape index (κ1) is 16.4. The molecule has 112 valence electrons. The largest absolute Gasteiger partial charge is 0.481 e. The van der Waals surface area contributed by atoms with Gasteiger partial charge in [0.1, 0.15) is 0 Å². The first-order valence-electron chi connectivity index (χ1n) is 6.63. The van der Waals surface area contributed by atoms with E-state index >= 15 is 0 Å². The molecule has 0 saturated heterocycles. The van der Waals surface area contributed by atoms with Crippen molar-refractivity contribution in [2.45, 2.75) is 45.7 Å². The maximum Gasteiger partial charge on any atom is 0.315 e. The van der Waals surface area contributed by atoms with E-state index in [-0.39, 0.29) is 18.0 Å². The van der Waals surface area contributed by atoms with Gasteiger partial charge in [0.15, 0.2) is 0 Å². The van der Waals surface area contributed by atoms with Crippen molar-refractivity contribution in [3.63, 3.8) is 0 Å². The van der Waals surface area contributed by atoms with Gasteiger partial charge >= 0.3 is 12.0 Å². The molecule has 0 aliphatic rings. The lowest BCUT2D eigenvalue weighted by Crippen LogP contribution is -2.40. The third kappa shape index (κ3) is 6.51. The quantitative estimate of drug-likeness (QED) is 0.686. The highest BCUT2D eigenvalue weighted by Crippen LogP contribution is 2.09. The molecule has 2 amide bonds. The number of carbonyl (C=O) groups excluding carboxylic acids is 1. The molecule has 0 bridgehead atoms. The van der Waals surface area contributed by atoms with Gasteiger partial charge < -0.3 is 15.7 Å². The fourth-order valence-electron chi connectivity index (χ4n) is 1.70. The Morgan fingerprint density at radius 3 is 2.75 bits per heavy atom. The molecule has 0 spiro atoms. The number of carboxylic acids is 1. The molecule has 1 aromatic rings. The zero-order valence-electron chi connectivity index (χ0n) is 11.8. The standard InChI is InChI=1S/C13H21N3O3S/c1-9(12(17)18)4-3-5-10(2)16-13(19)15-7-11-6-14-8-20-11/h6,8-10H,3-5,7H2,1-2H3,(H,17,18)(H2,15,16,19). The second-order valence-electron chi connectivity index (χ2n) is 4.87. The van der Waals surface area contributed by atoms with Crippen LogP contribution in [0.5, 0.6) is 0 Å². The molecule has 0 aliphatic carbocycles. The van der Waals surface area contributed by atoms with E-state index < -0.39 is 5.97 Å². The Balaban J connectivity index is 2.13. The van der Waals surface area contributed by atoms with E-state index in [1.54, 1.807) is 18.6 Å². The molecule has 0 aliphatic heterocycles. The van der Waals surface area contributed by atoms with Crippen LogP contribution in [-0.2, 0) is 11.3 Å². The van der Waals surface area contributed by atoms with Crippen molar-refractivity contribution in [2.75, 3.05) is 0 Å². The maximum absolute atomic E-state index is 11.6. The number of amides is 2. The van der Waals surface area contributed by atoms with Crippen molar-refractivity contribution in [1.29, 1.82) is 0 Å². The summed E-state index contributed by atoms with van der Waals surface area (Å²) in [5.74, 6) is -1.10. The van der Waals surface area contributed by atoms with Crippen LogP contribution in [0, 0.1) is 5.92 Å². The van der Waals surface area contributed by atoms with Crippen molar-refractivity contribution in [1.82, 2.24) is 15.6 Å². The minimum absolute atomic E-state index is 0.0254. The average molecular weight is 299 g/mol. The maximum atomic E-state index is 11.6. The van der Waals surface area contributed by atoms with Crippen molar-refractivity contribution in [3.8, 4) is 0 Å². The highest BCUT2D eigenvalue weighted by atomic mass is 32.1. The number of aliphatic carboxylic acids is 1. The molecule has 20 heavy (non-hydrogen) atoms. The molecule has 0 radical (unpaired) electrons. The summed E-state index contributed by atoms with van der Waals surface area (Å²) in [4.78, 5) is 27.2. The zero-order valence-corrected chi connectivity index (χ0v) is 12.6. The summed E-state index contributed by atoms with van der Waals surface area (Å²) in [6.07, 6.45) is 3.90. The van der Waals surface area contributed by atoms with Gasteiger partial charge in [0.2, 0.25) is 0 Å². The van der Waals surface area contributed by atoms with Crippen LogP contribution in [0.15, 0.2) is 11.7 Å². The molecular weight excluding hydrogens is 278 g/mol. The molecule has 0 saturated carbocycles. The number of nitrogens with zero attached hydrogens (tertiary/aromatic N) is 1. The lowest BCUT2D eigenvalue weighted by Gasteiger charge is -2.15. The average Bonchev–Trinajstić information content (AvgIpc) is 2.89. The summed E-state index contributed by atoms with van der Waals surface area (Å²) < 4.78 is 0. The number of carbonyl (C=O) groups is 2. The number of thiazole rings is 1. The van der Waals surface area contributed by atoms with Crippen LogP contribution in [-0.4, -0.2) is 28.1 Å². The number of rotatable bonds is 8. The lowest BCUT2D eigenvalue weighted by atomic mass is 10.0. The van der Waals surface area contributed by atoms with Crippen LogP contribution >= 0.6 is 11.3 Å². The highest BCUT2D eigenvalue weighted by Gasteiger charge is 2.12. The Bertz CT molecular complexity index is 423. The third-order valence-electron chi connectivity index (χ3n) is 2.98. The molecule has 0 fully saturated rings. The number of hydrogen-bond acceptors (Lipinski definition) is 4. The second-order valence-corrected chi connectivity index (χ2v) is 5.84. The van der Waals surface area contributed by atoms with Gasteiger partial charge in [-0.1, -0.05) is 13.3 Å². The molecule has 7 heteroatoms. The topological polar surface area (TPSA) is 91.3 Å². The Morgan fingerprint density at radius 2 is 2.15 bits per heavy atom. The molecular formula is C13H21N3O3S. The predicted molar refractivity (Wildman–Crippen MR) is 77.6 cm³/mol. The Hall–Kier alpha value is -1.63. The van der Waals surface area contributed by atoms with Crippen LogP contribution in [0.25, 0.3) is 0 Å². The molecule has 1 heterocycles. The first-order chi connectivity index (χ1) is 9.49. The van der Waals surface area contributed by atoms with Crippen molar-refractivity contribution < 1.29 is 14.7 Å². The molecule has 2 unspecified atom stereocenters. The van der Waals surface area contributed by atoms with Gasteiger partial charge in [-0.25, -0.2) is 4.79 Å². The molecule has 1 rings (SSSR count). The minimum Gasteiger partial charge on any atom is -0.481 e. The monoisotopic (exact) mass is 299 g/mol. The summed E-state index contributed by atoms with van der Waals surface area (Å²) >= 11 is 1.49. The van der Waals surface area contributed by atoms with Gasteiger partial charge in [0.25, 0.3) is 0 Å². The summed E-state index contributed by atoms with van der Waals surface area (Å²) in [5.41, 5.74) is 1.72. The summed E-state index contributed by atoms with van der Waals surface area (Å²) in [6.45, 7) is 4.08. The zero-order chi connectivity index (χ0) is 15.0. The summed E-state index contributed by atoms with van der Waals surface area (Å²) in [7, 11) is 0. The van der Waals surface area contributed by atoms with Crippen LogP contribution in [0.2, 0.25) is 0 Å². The van der Waals surface area contributed by atoms with Crippen molar-refractivity contribution >= 4 is 23.3 Å². The van der Waals surface area contributed by atoms with Gasteiger partial charge in [0, 0.05) is 17.1 Å². The van der Waals surface area contributed by atoms with Crippen molar-refractivity contribution in [3.05, 3.63) is 16.6 Å². The van der Waals surface area contributed by atoms with Gasteiger partial charge in [-0.05, 0) is 19.8 Å².